The third-order valence-electron chi connectivity index (χ3n) is 3.10. The van der Waals surface area contributed by atoms with Gasteiger partial charge in [0.15, 0.2) is 0 Å². The van der Waals surface area contributed by atoms with E-state index < -0.39 is 0 Å². The lowest BCUT2D eigenvalue weighted by molar-refractivity contribution is 0.576. The molecule has 20 heavy (non-hydrogen) atoms. The highest BCUT2D eigenvalue weighted by molar-refractivity contribution is 7.12. The van der Waals surface area contributed by atoms with E-state index in [4.69, 9.17) is 4.98 Å². The van der Waals surface area contributed by atoms with E-state index in [1.54, 1.807) is 11.3 Å². The first-order valence-electron chi connectivity index (χ1n) is 6.90. The van der Waals surface area contributed by atoms with Crippen LogP contribution in [0.25, 0.3) is 0 Å². The molecule has 1 N–H and O–H groups in total. The van der Waals surface area contributed by atoms with Crippen LogP contribution in [0.15, 0.2) is 6.20 Å². The predicted molar refractivity (Wildman–Crippen MR) is 87.7 cm³/mol. The first-order chi connectivity index (χ1) is 9.27. The predicted octanol–water partition coefficient (Wildman–Crippen LogP) is 4.36. The number of thiazole rings is 2. The fourth-order valence-corrected chi connectivity index (χ4v) is 3.84. The SMILES string of the molecule is Cc1cnc(CNC(C)c2sc(C(C)(C)C)nc2C)s1. The minimum atomic E-state index is 0.125. The average molecular weight is 310 g/mol. The van der Waals surface area contributed by atoms with Crippen molar-refractivity contribution in [2.24, 2.45) is 0 Å². The summed E-state index contributed by atoms with van der Waals surface area (Å²) in [4.78, 5) is 11.7. The van der Waals surface area contributed by atoms with Crippen molar-refractivity contribution in [1.29, 1.82) is 0 Å². The van der Waals surface area contributed by atoms with Crippen molar-refractivity contribution in [2.45, 2.75) is 59.5 Å². The zero-order chi connectivity index (χ0) is 14.9. The van der Waals surface area contributed by atoms with E-state index in [-0.39, 0.29) is 5.41 Å². The van der Waals surface area contributed by atoms with Crippen molar-refractivity contribution >= 4 is 22.7 Å². The zero-order valence-corrected chi connectivity index (χ0v) is 14.7. The van der Waals surface area contributed by atoms with Crippen LogP contribution in [-0.4, -0.2) is 9.97 Å². The van der Waals surface area contributed by atoms with Crippen LogP contribution in [-0.2, 0) is 12.0 Å². The maximum absolute atomic E-state index is 4.73. The van der Waals surface area contributed by atoms with Gasteiger partial charge in [-0.1, -0.05) is 20.8 Å². The van der Waals surface area contributed by atoms with Gasteiger partial charge in [-0.3, -0.25) is 0 Å². The topological polar surface area (TPSA) is 37.8 Å². The van der Waals surface area contributed by atoms with Gasteiger partial charge in [-0.05, 0) is 20.8 Å². The van der Waals surface area contributed by atoms with E-state index >= 15 is 0 Å². The summed E-state index contributed by atoms with van der Waals surface area (Å²) in [6, 6.07) is 0.313. The molecule has 2 rings (SSSR count). The van der Waals surface area contributed by atoms with Crippen molar-refractivity contribution in [1.82, 2.24) is 15.3 Å². The van der Waals surface area contributed by atoms with Crippen LogP contribution in [0.4, 0.5) is 0 Å². The van der Waals surface area contributed by atoms with Crippen LogP contribution in [0, 0.1) is 13.8 Å². The third kappa shape index (κ3) is 3.65. The van der Waals surface area contributed by atoms with Crippen LogP contribution in [0.5, 0.6) is 0 Å². The Balaban J connectivity index is 2.05. The van der Waals surface area contributed by atoms with Gasteiger partial charge >= 0.3 is 0 Å². The number of nitrogens with zero attached hydrogens (tertiary/aromatic N) is 2. The van der Waals surface area contributed by atoms with Crippen molar-refractivity contribution in [3.8, 4) is 0 Å². The third-order valence-corrected chi connectivity index (χ3v) is 5.77. The van der Waals surface area contributed by atoms with Crippen molar-refractivity contribution < 1.29 is 0 Å². The van der Waals surface area contributed by atoms with Crippen LogP contribution in [0.2, 0.25) is 0 Å². The Morgan fingerprint density at radius 2 is 1.95 bits per heavy atom. The maximum Gasteiger partial charge on any atom is 0.107 e. The maximum atomic E-state index is 4.73. The molecule has 0 aliphatic rings. The van der Waals surface area contributed by atoms with Gasteiger partial charge in [0.25, 0.3) is 0 Å². The molecule has 2 heterocycles. The molecule has 2 aromatic rings. The average Bonchev–Trinajstić information content (AvgIpc) is 2.92. The van der Waals surface area contributed by atoms with Gasteiger partial charge in [0.2, 0.25) is 0 Å². The van der Waals surface area contributed by atoms with Gasteiger partial charge in [-0.15, -0.1) is 22.7 Å². The quantitative estimate of drug-likeness (QED) is 0.911. The molecule has 0 amide bonds. The summed E-state index contributed by atoms with van der Waals surface area (Å²) in [6.07, 6.45) is 1.93. The summed E-state index contributed by atoms with van der Waals surface area (Å²) in [7, 11) is 0. The van der Waals surface area contributed by atoms with Crippen LogP contribution < -0.4 is 5.32 Å². The molecule has 5 heteroatoms. The van der Waals surface area contributed by atoms with Gasteiger partial charge in [-0.25, -0.2) is 9.97 Å². The summed E-state index contributed by atoms with van der Waals surface area (Å²) in [5.41, 5.74) is 1.27. The Morgan fingerprint density at radius 3 is 2.45 bits per heavy atom. The molecule has 0 radical (unpaired) electrons. The molecule has 3 nitrogen and oxygen atoms in total. The molecule has 110 valence electrons. The normalized spacial score (nSPS) is 13.7. The Morgan fingerprint density at radius 1 is 1.25 bits per heavy atom. The molecular weight excluding hydrogens is 286 g/mol. The molecule has 0 saturated carbocycles. The van der Waals surface area contributed by atoms with Crippen LogP contribution >= 0.6 is 22.7 Å². The molecule has 0 spiro atoms. The van der Waals surface area contributed by atoms with E-state index in [1.165, 1.54) is 14.8 Å². The fourth-order valence-electron chi connectivity index (χ4n) is 1.95. The van der Waals surface area contributed by atoms with E-state index in [1.807, 2.05) is 17.5 Å². The highest BCUT2D eigenvalue weighted by Crippen LogP contribution is 2.32. The van der Waals surface area contributed by atoms with E-state index in [0.717, 1.165) is 17.2 Å². The minimum Gasteiger partial charge on any atom is -0.303 e. The molecule has 2 aromatic heterocycles. The monoisotopic (exact) mass is 309 g/mol. The lowest BCUT2D eigenvalue weighted by Crippen LogP contribution is -2.17. The molecule has 1 atom stereocenters. The first-order valence-corrected chi connectivity index (χ1v) is 8.53. The second-order valence-corrected chi connectivity index (χ2v) is 8.54. The lowest BCUT2D eigenvalue weighted by Gasteiger charge is -2.14. The van der Waals surface area contributed by atoms with Gasteiger partial charge in [0, 0.05) is 34.0 Å². The summed E-state index contributed by atoms with van der Waals surface area (Å²) in [5.74, 6) is 0. The number of hydrogen-bond acceptors (Lipinski definition) is 5. The number of hydrogen-bond donors (Lipinski definition) is 1. The second kappa shape index (κ2) is 5.92. The number of nitrogens with one attached hydrogen (secondary N) is 1. The zero-order valence-electron chi connectivity index (χ0n) is 13.1. The first kappa shape index (κ1) is 15.6. The minimum absolute atomic E-state index is 0.125. The molecule has 0 aromatic carbocycles. The Labute approximate surface area is 129 Å². The van der Waals surface area contributed by atoms with E-state index in [9.17, 15) is 0 Å². The molecule has 0 aliphatic carbocycles. The fraction of sp³-hybridized carbons (Fsp3) is 0.600. The standard InChI is InChI=1S/C15H23N3S2/c1-9-7-17-12(19-9)8-16-10(2)13-11(3)18-14(20-13)15(4,5)6/h7,10,16H,8H2,1-6H3. The molecular formula is C15H23N3S2. The smallest absolute Gasteiger partial charge is 0.107 e. The lowest BCUT2D eigenvalue weighted by atomic mass is 9.98. The summed E-state index contributed by atoms with van der Waals surface area (Å²) in [6.45, 7) is 13.9. The summed E-state index contributed by atoms with van der Waals surface area (Å²) < 4.78 is 0. The Bertz CT molecular complexity index is 578. The molecule has 0 saturated heterocycles. The molecule has 0 fully saturated rings. The second-order valence-electron chi connectivity index (χ2n) is 6.19. The van der Waals surface area contributed by atoms with Gasteiger partial charge in [0.05, 0.1) is 10.7 Å². The Kier molecular flexibility index (Phi) is 4.62. The number of aromatic nitrogens is 2. The highest BCUT2D eigenvalue weighted by atomic mass is 32.1. The van der Waals surface area contributed by atoms with Crippen molar-refractivity contribution in [3.05, 3.63) is 31.7 Å². The van der Waals surface area contributed by atoms with Gasteiger partial charge < -0.3 is 5.32 Å². The van der Waals surface area contributed by atoms with E-state index in [0.29, 0.717) is 6.04 Å². The number of rotatable bonds is 4. The van der Waals surface area contributed by atoms with Gasteiger partial charge in [0.1, 0.15) is 5.01 Å². The number of aryl methyl sites for hydroxylation is 2. The molecule has 0 aliphatic heterocycles. The molecule has 1 unspecified atom stereocenters. The highest BCUT2D eigenvalue weighted by Gasteiger charge is 2.22. The van der Waals surface area contributed by atoms with E-state index in [2.05, 4.69) is 51.8 Å². The molecule has 0 bridgehead atoms. The van der Waals surface area contributed by atoms with Crippen molar-refractivity contribution in [3.63, 3.8) is 0 Å². The largest absolute Gasteiger partial charge is 0.303 e. The van der Waals surface area contributed by atoms with Crippen LogP contribution in [0.1, 0.15) is 59.2 Å². The van der Waals surface area contributed by atoms with Crippen molar-refractivity contribution in [2.75, 3.05) is 0 Å². The Hall–Kier alpha value is -0.780. The summed E-state index contributed by atoms with van der Waals surface area (Å²) in [5, 5.41) is 5.91. The van der Waals surface area contributed by atoms with Crippen LogP contribution in [0.3, 0.4) is 0 Å². The van der Waals surface area contributed by atoms with Gasteiger partial charge in [-0.2, -0.15) is 0 Å². The summed E-state index contributed by atoms with van der Waals surface area (Å²) >= 11 is 3.58.